The summed E-state index contributed by atoms with van der Waals surface area (Å²) < 4.78 is 16.1. The van der Waals surface area contributed by atoms with Crippen molar-refractivity contribution in [3.05, 3.63) is 71.7 Å². The summed E-state index contributed by atoms with van der Waals surface area (Å²) in [5, 5.41) is 4.05. The van der Waals surface area contributed by atoms with E-state index >= 15 is 0 Å². The molecule has 4 rings (SSSR count). The predicted molar refractivity (Wildman–Crippen MR) is 110 cm³/mol. The topological polar surface area (TPSA) is 37.3 Å². The molecule has 1 aliphatic carbocycles. The highest BCUT2D eigenvalue weighted by atomic mass is 19.1. The van der Waals surface area contributed by atoms with E-state index in [1.165, 1.54) is 18.9 Å². The molecule has 1 heterocycles. The van der Waals surface area contributed by atoms with E-state index in [-0.39, 0.29) is 17.8 Å². The Morgan fingerprint density at radius 2 is 1.93 bits per heavy atom. The van der Waals surface area contributed by atoms with Crippen molar-refractivity contribution in [3.8, 4) is 0 Å². The van der Waals surface area contributed by atoms with Crippen molar-refractivity contribution < 1.29 is 9.18 Å². The average Bonchev–Trinajstić information content (AvgIpc) is 3.49. The first kappa shape index (κ1) is 18.7. The van der Waals surface area contributed by atoms with Gasteiger partial charge < -0.3 is 9.88 Å². The van der Waals surface area contributed by atoms with Crippen molar-refractivity contribution in [3.63, 3.8) is 0 Å². The van der Waals surface area contributed by atoms with Crippen LogP contribution in [0.25, 0.3) is 10.9 Å². The zero-order valence-electron chi connectivity index (χ0n) is 16.4. The number of hydrogen-bond acceptors (Lipinski definition) is 2. The lowest BCUT2D eigenvalue weighted by Gasteiger charge is -2.24. The minimum absolute atomic E-state index is 0.122. The number of nitrogens with zero attached hydrogens (tertiary/aromatic N) is 2. The largest absolute Gasteiger partial charge is 0.349 e. The van der Waals surface area contributed by atoms with Crippen LogP contribution in [0.1, 0.15) is 35.8 Å². The lowest BCUT2D eigenvalue weighted by atomic mass is 10.2. The lowest BCUT2D eigenvalue weighted by molar-refractivity contribution is 0.0931. The number of amides is 1. The molecule has 5 heteroatoms. The SMILES string of the molecule is CC(CNC(=O)c1cc2ccccc2n1Cc1ccccc1F)N(C)C1CC1. The first-order valence-electron chi connectivity index (χ1n) is 9.86. The van der Waals surface area contributed by atoms with Gasteiger partial charge in [-0.1, -0.05) is 36.4 Å². The minimum Gasteiger partial charge on any atom is -0.349 e. The molecule has 0 aliphatic heterocycles. The smallest absolute Gasteiger partial charge is 0.268 e. The normalized spacial score (nSPS) is 15.1. The van der Waals surface area contributed by atoms with Crippen LogP contribution in [0, 0.1) is 5.82 Å². The molecular weight excluding hydrogens is 353 g/mol. The summed E-state index contributed by atoms with van der Waals surface area (Å²) in [5.41, 5.74) is 2.06. The number of benzene rings is 2. The summed E-state index contributed by atoms with van der Waals surface area (Å²) in [7, 11) is 2.11. The standard InChI is InChI=1S/C23H26FN3O/c1-16(26(2)19-11-12-19)14-25-23(28)22-13-17-7-4-6-10-21(17)27(22)15-18-8-3-5-9-20(18)24/h3-10,13,16,19H,11-12,14-15H2,1-2H3,(H,25,28). The Labute approximate surface area is 165 Å². The van der Waals surface area contributed by atoms with Gasteiger partial charge in [-0.3, -0.25) is 9.69 Å². The molecule has 1 saturated carbocycles. The van der Waals surface area contributed by atoms with Crippen molar-refractivity contribution in [2.24, 2.45) is 0 Å². The van der Waals surface area contributed by atoms with Gasteiger partial charge in [0.1, 0.15) is 11.5 Å². The van der Waals surface area contributed by atoms with Gasteiger partial charge >= 0.3 is 0 Å². The third-order valence-electron chi connectivity index (χ3n) is 5.71. The number of halogens is 1. The van der Waals surface area contributed by atoms with Crippen LogP contribution >= 0.6 is 0 Å². The third kappa shape index (κ3) is 3.80. The molecule has 1 amide bonds. The molecule has 1 N–H and O–H groups in total. The summed E-state index contributed by atoms with van der Waals surface area (Å²) >= 11 is 0. The van der Waals surface area contributed by atoms with E-state index < -0.39 is 0 Å². The minimum atomic E-state index is -0.258. The van der Waals surface area contributed by atoms with Gasteiger partial charge in [-0.05, 0) is 45.0 Å². The molecule has 1 unspecified atom stereocenters. The summed E-state index contributed by atoms with van der Waals surface area (Å²) in [4.78, 5) is 15.3. The lowest BCUT2D eigenvalue weighted by Crippen LogP contribution is -2.41. The summed E-state index contributed by atoms with van der Waals surface area (Å²) in [6.45, 7) is 3.04. The zero-order chi connectivity index (χ0) is 19.7. The highest BCUT2D eigenvalue weighted by Gasteiger charge is 2.29. The number of carbonyl (C=O) groups is 1. The van der Waals surface area contributed by atoms with Crippen LogP contribution in [0.5, 0.6) is 0 Å². The molecule has 2 aromatic carbocycles. The highest BCUT2D eigenvalue weighted by Crippen LogP contribution is 2.27. The van der Waals surface area contributed by atoms with Crippen LogP contribution < -0.4 is 5.32 Å². The number of hydrogen-bond donors (Lipinski definition) is 1. The second-order valence-corrected chi connectivity index (χ2v) is 7.72. The number of fused-ring (bicyclic) bond motifs is 1. The molecule has 0 saturated heterocycles. The van der Waals surface area contributed by atoms with E-state index in [2.05, 4.69) is 24.2 Å². The van der Waals surface area contributed by atoms with Crippen molar-refractivity contribution in [1.29, 1.82) is 0 Å². The number of rotatable bonds is 7. The number of nitrogens with one attached hydrogen (secondary N) is 1. The Morgan fingerprint density at radius 1 is 1.21 bits per heavy atom. The van der Waals surface area contributed by atoms with Crippen LogP contribution in [0.15, 0.2) is 54.6 Å². The van der Waals surface area contributed by atoms with Gasteiger partial charge in [0.25, 0.3) is 5.91 Å². The van der Waals surface area contributed by atoms with Crippen LogP contribution in [0.3, 0.4) is 0 Å². The van der Waals surface area contributed by atoms with E-state index in [1.807, 2.05) is 41.0 Å². The van der Waals surface area contributed by atoms with Crippen molar-refractivity contribution in [2.75, 3.05) is 13.6 Å². The van der Waals surface area contributed by atoms with Crippen LogP contribution in [-0.4, -0.2) is 41.1 Å². The molecule has 0 radical (unpaired) electrons. The van der Waals surface area contributed by atoms with E-state index in [0.29, 0.717) is 30.4 Å². The molecule has 4 nitrogen and oxygen atoms in total. The predicted octanol–water partition coefficient (Wildman–Crippen LogP) is 4.04. The molecule has 0 spiro atoms. The van der Waals surface area contributed by atoms with E-state index in [4.69, 9.17) is 0 Å². The maximum atomic E-state index is 14.2. The first-order chi connectivity index (χ1) is 13.5. The summed E-state index contributed by atoms with van der Waals surface area (Å²) in [6, 6.07) is 17.4. The fourth-order valence-corrected chi connectivity index (χ4v) is 3.68. The van der Waals surface area contributed by atoms with Crippen molar-refractivity contribution >= 4 is 16.8 Å². The third-order valence-corrected chi connectivity index (χ3v) is 5.71. The molecule has 3 aromatic rings. The molecule has 146 valence electrons. The number of para-hydroxylation sites is 1. The van der Waals surface area contributed by atoms with Crippen LogP contribution in [-0.2, 0) is 6.54 Å². The van der Waals surface area contributed by atoms with Crippen LogP contribution in [0.2, 0.25) is 0 Å². The van der Waals surface area contributed by atoms with Crippen molar-refractivity contribution in [1.82, 2.24) is 14.8 Å². The molecule has 1 aliphatic rings. The second kappa shape index (κ2) is 7.76. The fourth-order valence-electron chi connectivity index (χ4n) is 3.68. The molecule has 0 bridgehead atoms. The number of aromatic nitrogens is 1. The quantitative estimate of drug-likeness (QED) is 0.673. The van der Waals surface area contributed by atoms with Crippen molar-refractivity contribution in [2.45, 2.75) is 38.4 Å². The Morgan fingerprint density at radius 3 is 2.68 bits per heavy atom. The fraction of sp³-hybridized carbons (Fsp3) is 0.348. The van der Waals surface area contributed by atoms with Crippen LogP contribution in [0.4, 0.5) is 4.39 Å². The van der Waals surface area contributed by atoms with Gasteiger partial charge in [-0.2, -0.15) is 0 Å². The molecular formula is C23H26FN3O. The number of carbonyl (C=O) groups excluding carboxylic acids is 1. The Hall–Kier alpha value is -2.66. The maximum absolute atomic E-state index is 14.2. The van der Waals surface area contributed by atoms with Gasteiger partial charge in [0.15, 0.2) is 0 Å². The Kier molecular flexibility index (Phi) is 5.18. The molecule has 1 aromatic heterocycles. The van der Waals surface area contributed by atoms with Gasteiger partial charge in [0, 0.05) is 35.1 Å². The second-order valence-electron chi connectivity index (χ2n) is 7.72. The first-order valence-corrected chi connectivity index (χ1v) is 9.86. The Bertz CT molecular complexity index is 992. The molecule has 1 fully saturated rings. The molecule has 1 atom stereocenters. The summed E-state index contributed by atoms with van der Waals surface area (Å²) in [6.07, 6.45) is 2.48. The van der Waals surface area contributed by atoms with E-state index in [1.54, 1.807) is 12.1 Å². The average molecular weight is 379 g/mol. The van der Waals surface area contributed by atoms with Gasteiger partial charge in [-0.25, -0.2) is 4.39 Å². The number of likely N-dealkylation sites (N-methyl/N-ethyl adjacent to an activating group) is 1. The van der Waals surface area contributed by atoms with Gasteiger partial charge in [0.05, 0.1) is 6.54 Å². The van der Waals surface area contributed by atoms with Gasteiger partial charge in [0.2, 0.25) is 0 Å². The molecule has 28 heavy (non-hydrogen) atoms. The van der Waals surface area contributed by atoms with E-state index in [9.17, 15) is 9.18 Å². The van der Waals surface area contributed by atoms with Gasteiger partial charge in [-0.15, -0.1) is 0 Å². The zero-order valence-corrected chi connectivity index (χ0v) is 16.4. The monoisotopic (exact) mass is 379 g/mol. The highest BCUT2D eigenvalue weighted by molar-refractivity contribution is 5.98. The summed E-state index contributed by atoms with van der Waals surface area (Å²) in [5.74, 6) is -0.380. The van der Waals surface area contributed by atoms with E-state index in [0.717, 1.165) is 10.9 Å². The Balaban J connectivity index is 1.59. The maximum Gasteiger partial charge on any atom is 0.268 e.